The lowest BCUT2D eigenvalue weighted by molar-refractivity contribution is 0.320. The minimum atomic E-state index is -3.87. The number of amidine groups is 1. The van der Waals surface area contributed by atoms with Crippen molar-refractivity contribution in [3.8, 4) is 0 Å². The van der Waals surface area contributed by atoms with Crippen molar-refractivity contribution < 1.29 is 8.42 Å². The lowest BCUT2D eigenvalue weighted by Crippen LogP contribution is -2.47. The van der Waals surface area contributed by atoms with Gasteiger partial charge in [-0.1, -0.05) is 115 Å². The summed E-state index contributed by atoms with van der Waals surface area (Å²) in [7, 11) is -3.87. The highest BCUT2D eigenvalue weighted by atomic mass is 32.2. The van der Waals surface area contributed by atoms with E-state index in [1.807, 2.05) is 43.3 Å². The van der Waals surface area contributed by atoms with E-state index in [0.29, 0.717) is 18.9 Å². The normalized spacial score (nSPS) is 18.7. The summed E-state index contributed by atoms with van der Waals surface area (Å²) >= 11 is 0. The largest absolute Gasteiger partial charge is 0.350 e. The molecule has 1 atom stereocenters. The maximum Gasteiger partial charge on any atom is 0.284 e. The molecular weight excluding hydrogens is 476 g/mol. The van der Waals surface area contributed by atoms with E-state index in [2.05, 4.69) is 76.0 Å². The van der Waals surface area contributed by atoms with Gasteiger partial charge in [-0.2, -0.15) is 8.42 Å². The molecule has 5 heteroatoms. The highest BCUT2D eigenvalue weighted by Crippen LogP contribution is 2.35. The quantitative estimate of drug-likeness (QED) is 0.294. The molecule has 1 aliphatic heterocycles. The van der Waals surface area contributed by atoms with E-state index >= 15 is 0 Å². The van der Waals surface area contributed by atoms with Crippen LogP contribution in [-0.4, -0.2) is 25.7 Å². The van der Waals surface area contributed by atoms with E-state index in [1.165, 1.54) is 11.1 Å². The zero-order valence-electron chi connectivity index (χ0n) is 20.9. The summed E-state index contributed by atoms with van der Waals surface area (Å²) in [6.07, 6.45) is 4.81. The molecule has 4 aromatic rings. The Morgan fingerprint density at radius 1 is 0.757 bits per heavy atom. The van der Waals surface area contributed by atoms with Crippen molar-refractivity contribution >= 4 is 15.9 Å². The third-order valence-corrected chi connectivity index (χ3v) is 8.10. The molecule has 0 amide bonds. The Labute approximate surface area is 219 Å². The molecule has 0 saturated carbocycles. The summed E-state index contributed by atoms with van der Waals surface area (Å²) < 4.78 is 30.9. The molecule has 0 N–H and O–H groups in total. The second kappa shape index (κ2) is 10.6. The molecule has 0 radical (unpaired) electrons. The highest BCUT2D eigenvalue weighted by Gasteiger charge is 2.36. The molecule has 0 spiro atoms. The molecule has 186 valence electrons. The van der Waals surface area contributed by atoms with Crippen molar-refractivity contribution in [3.05, 3.63) is 150 Å². The average Bonchev–Trinajstić information content (AvgIpc) is 2.92. The number of hydrogen-bond donors (Lipinski definition) is 0. The van der Waals surface area contributed by atoms with Crippen LogP contribution in [0.4, 0.5) is 0 Å². The SMILES string of the molecule is Cc1ccc(S(=O)(=O)/N=C2\C=C[C@@](Cc3ccccc3)(c3ccccc3)CN2Cc2ccccc2)cc1. The fraction of sp³-hybridized carbons (Fsp3) is 0.156. The van der Waals surface area contributed by atoms with E-state index in [0.717, 1.165) is 17.5 Å². The number of hydrogen-bond acceptors (Lipinski definition) is 2. The van der Waals surface area contributed by atoms with Gasteiger partial charge in [0.05, 0.1) is 4.90 Å². The summed E-state index contributed by atoms with van der Waals surface area (Å²) in [5.74, 6) is 0.448. The molecule has 4 aromatic carbocycles. The predicted octanol–water partition coefficient (Wildman–Crippen LogP) is 6.33. The molecule has 0 aliphatic carbocycles. The van der Waals surface area contributed by atoms with Crippen molar-refractivity contribution in [1.82, 2.24) is 4.90 Å². The van der Waals surface area contributed by atoms with Crippen LogP contribution in [-0.2, 0) is 28.4 Å². The van der Waals surface area contributed by atoms with Crippen LogP contribution in [0.15, 0.2) is 137 Å². The first-order valence-corrected chi connectivity index (χ1v) is 13.9. The fourth-order valence-electron chi connectivity index (χ4n) is 4.86. The van der Waals surface area contributed by atoms with Crippen LogP contribution in [0.25, 0.3) is 0 Å². The topological polar surface area (TPSA) is 49.7 Å². The molecule has 1 heterocycles. The molecular formula is C32H30N2O2S. The molecule has 4 nitrogen and oxygen atoms in total. The molecule has 0 fully saturated rings. The minimum absolute atomic E-state index is 0.197. The lowest BCUT2D eigenvalue weighted by Gasteiger charge is -2.41. The summed E-state index contributed by atoms with van der Waals surface area (Å²) in [4.78, 5) is 2.29. The number of aryl methyl sites for hydroxylation is 1. The average molecular weight is 507 g/mol. The van der Waals surface area contributed by atoms with Crippen LogP contribution in [0.3, 0.4) is 0 Å². The Bertz CT molecular complexity index is 1500. The number of sulfonamides is 1. The van der Waals surface area contributed by atoms with Crippen molar-refractivity contribution in [2.24, 2.45) is 4.40 Å². The molecule has 5 rings (SSSR count). The van der Waals surface area contributed by atoms with E-state index in [1.54, 1.807) is 24.3 Å². The van der Waals surface area contributed by atoms with Gasteiger partial charge in [-0.25, -0.2) is 0 Å². The van der Waals surface area contributed by atoms with Crippen molar-refractivity contribution in [3.63, 3.8) is 0 Å². The van der Waals surface area contributed by atoms with Crippen LogP contribution < -0.4 is 0 Å². The Hall–Kier alpha value is -3.96. The minimum Gasteiger partial charge on any atom is -0.350 e. The van der Waals surface area contributed by atoms with E-state index < -0.39 is 10.0 Å². The van der Waals surface area contributed by atoms with Gasteiger partial charge in [0.1, 0.15) is 5.84 Å². The van der Waals surface area contributed by atoms with Gasteiger partial charge in [0, 0.05) is 18.5 Å². The van der Waals surface area contributed by atoms with Gasteiger partial charge in [0.15, 0.2) is 0 Å². The van der Waals surface area contributed by atoms with Crippen LogP contribution in [0.1, 0.15) is 22.3 Å². The molecule has 0 saturated heterocycles. The van der Waals surface area contributed by atoms with Crippen molar-refractivity contribution in [2.75, 3.05) is 6.54 Å². The Morgan fingerprint density at radius 2 is 1.32 bits per heavy atom. The second-order valence-corrected chi connectivity index (χ2v) is 11.2. The summed E-state index contributed by atoms with van der Waals surface area (Å²) in [6, 6.07) is 37.8. The Kier molecular flexibility index (Phi) is 7.06. The predicted molar refractivity (Wildman–Crippen MR) is 150 cm³/mol. The first-order chi connectivity index (χ1) is 17.9. The Balaban J connectivity index is 1.60. The van der Waals surface area contributed by atoms with Gasteiger partial charge in [0.25, 0.3) is 10.0 Å². The van der Waals surface area contributed by atoms with Crippen LogP contribution in [0.5, 0.6) is 0 Å². The molecule has 0 bridgehead atoms. The second-order valence-electron chi connectivity index (χ2n) is 9.60. The third kappa shape index (κ3) is 5.73. The lowest BCUT2D eigenvalue weighted by atomic mass is 9.73. The summed E-state index contributed by atoms with van der Waals surface area (Å²) in [6.45, 7) is 3.08. The molecule has 0 unspecified atom stereocenters. The smallest absolute Gasteiger partial charge is 0.284 e. The van der Waals surface area contributed by atoms with Gasteiger partial charge in [0.2, 0.25) is 0 Å². The third-order valence-electron chi connectivity index (χ3n) is 6.81. The summed E-state index contributed by atoms with van der Waals surface area (Å²) in [5.41, 5.74) is 4.17. The van der Waals surface area contributed by atoms with Crippen LogP contribution in [0, 0.1) is 6.92 Å². The number of nitrogens with zero attached hydrogens (tertiary/aromatic N) is 2. The maximum absolute atomic E-state index is 13.3. The molecule has 1 aliphatic rings. The van der Waals surface area contributed by atoms with Gasteiger partial charge in [-0.3, -0.25) is 0 Å². The van der Waals surface area contributed by atoms with E-state index in [9.17, 15) is 8.42 Å². The number of rotatable bonds is 7. The fourth-order valence-corrected chi connectivity index (χ4v) is 5.87. The maximum atomic E-state index is 13.3. The van der Waals surface area contributed by atoms with E-state index in [4.69, 9.17) is 0 Å². The molecule has 37 heavy (non-hydrogen) atoms. The molecule has 0 aromatic heterocycles. The zero-order chi connectivity index (χ0) is 25.7. The highest BCUT2D eigenvalue weighted by molar-refractivity contribution is 7.90. The first kappa shape index (κ1) is 24.7. The van der Waals surface area contributed by atoms with Gasteiger partial charge in [-0.05, 0) is 48.2 Å². The van der Waals surface area contributed by atoms with Crippen molar-refractivity contribution in [2.45, 2.75) is 30.2 Å². The van der Waals surface area contributed by atoms with Crippen LogP contribution in [0.2, 0.25) is 0 Å². The Morgan fingerprint density at radius 3 is 1.95 bits per heavy atom. The standard InChI is InChI=1S/C32H30N2O2S/c1-26-17-19-30(20-18-26)37(35,36)33-31-21-22-32(29-15-9-4-10-16-29,23-27-11-5-2-6-12-27)25-34(31)24-28-13-7-3-8-14-28/h2-22H,23-25H2,1H3/b33-31+/t32-/m0/s1. The number of benzene rings is 4. The van der Waals surface area contributed by atoms with Gasteiger partial charge >= 0.3 is 0 Å². The first-order valence-electron chi connectivity index (χ1n) is 12.4. The van der Waals surface area contributed by atoms with E-state index in [-0.39, 0.29) is 10.3 Å². The van der Waals surface area contributed by atoms with Gasteiger partial charge < -0.3 is 4.90 Å². The monoisotopic (exact) mass is 506 g/mol. The van der Waals surface area contributed by atoms with Crippen molar-refractivity contribution in [1.29, 1.82) is 0 Å². The zero-order valence-corrected chi connectivity index (χ0v) is 21.7. The van der Waals surface area contributed by atoms with Gasteiger partial charge in [-0.15, -0.1) is 4.40 Å². The van der Waals surface area contributed by atoms with Crippen LogP contribution >= 0.6 is 0 Å². The summed E-state index contributed by atoms with van der Waals surface area (Å²) in [5, 5.41) is 0.